The molecule has 1 saturated heterocycles. The molecule has 5 rings (SSSR count). The molecule has 1 spiro atoms. The Balaban J connectivity index is 1.79. The third-order valence-corrected chi connectivity index (χ3v) is 8.79. The Kier molecular flexibility index (Phi) is 5.58. The lowest BCUT2D eigenvalue weighted by Gasteiger charge is -2.64. The van der Waals surface area contributed by atoms with Crippen molar-refractivity contribution in [3.8, 4) is 5.75 Å². The van der Waals surface area contributed by atoms with Gasteiger partial charge in [0.15, 0.2) is 0 Å². The normalized spacial score (nSPS) is 37.7. The van der Waals surface area contributed by atoms with Crippen LogP contribution in [0.3, 0.4) is 0 Å². The fraction of sp³-hybridized carbons (Fsp3) is 0.593. The zero-order valence-corrected chi connectivity index (χ0v) is 20.6. The summed E-state index contributed by atoms with van der Waals surface area (Å²) < 4.78 is 17.6. The number of anilines is 1. The quantitative estimate of drug-likeness (QED) is 0.375. The molecule has 7 nitrogen and oxygen atoms in total. The van der Waals surface area contributed by atoms with E-state index in [1.54, 1.807) is 13.2 Å². The van der Waals surface area contributed by atoms with E-state index < -0.39 is 23.1 Å². The second kappa shape index (κ2) is 8.11. The van der Waals surface area contributed by atoms with Crippen LogP contribution in [0.2, 0.25) is 0 Å². The number of hydrogen-bond donors (Lipinski definition) is 1. The Morgan fingerprint density at radius 1 is 1.35 bits per heavy atom. The Labute approximate surface area is 202 Å². The highest BCUT2D eigenvalue weighted by atomic mass is 16.6. The van der Waals surface area contributed by atoms with Gasteiger partial charge in [0.2, 0.25) is 0 Å². The summed E-state index contributed by atoms with van der Waals surface area (Å²) in [5, 5.41) is 12.7. The molecular formula is C27H36N2O5. The molecule has 0 aromatic heterocycles. The summed E-state index contributed by atoms with van der Waals surface area (Å²) in [6.07, 6.45) is 6.95. The van der Waals surface area contributed by atoms with E-state index in [-0.39, 0.29) is 24.1 Å². The van der Waals surface area contributed by atoms with Crippen LogP contribution >= 0.6 is 0 Å². The Bertz CT molecular complexity index is 1030. The molecular weight excluding hydrogens is 432 g/mol. The third kappa shape index (κ3) is 2.84. The number of carbonyl (C=O) groups excluding carboxylic acids is 1. The number of likely N-dealkylation sites (N-methyl/N-ethyl adjacent to an activating group) is 1. The number of aliphatic hydroxyl groups is 1. The van der Waals surface area contributed by atoms with E-state index >= 15 is 0 Å². The summed E-state index contributed by atoms with van der Waals surface area (Å²) in [7, 11) is 3.70. The number of nitrogens with zero attached hydrogens (tertiary/aromatic N) is 2. The van der Waals surface area contributed by atoms with Gasteiger partial charge in [-0.15, -0.1) is 6.58 Å². The lowest BCUT2D eigenvalue weighted by atomic mass is 9.48. The molecule has 1 saturated carbocycles. The highest BCUT2D eigenvalue weighted by molar-refractivity contribution is 5.71. The number of ether oxygens (including phenoxy) is 3. The van der Waals surface area contributed by atoms with Crippen LogP contribution in [-0.4, -0.2) is 80.2 Å². The molecule has 1 aromatic carbocycles. The molecule has 2 fully saturated rings. The Morgan fingerprint density at radius 3 is 2.82 bits per heavy atom. The van der Waals surface area contributed by atoms with Gasteiger partial charge in [-0.3, -0.25) is 9.69 Å². The van der Waals surface area contributed by atoms with E-state index in [4.69, 9.17) is 14.2 Å². The minimum atomic E-state index is -1.44. The summed E-state index contributed by atoms with van der Waals surface area (Å²) in [6, 6.07) is 6.00. The molecule has 0 bridgehead atoms. The number of carbonyl (C=O) groups is 1. The molecule has 184 valence electrons. The van der Waals surface area contributed by atoms with Gasteiger partial charge in [-0.05, 0) is 31.0 Å². The van der Waals surface area contributed by atoms with E-state index in [0.717, 1.165) is 37.4 Å². The monoisotopic (exact) mass is 468 g/mol. The summed E-state index contributed by atoms with van der Waals surface area (Å²) in [4.78, 5) is 17.1. The lowest BCUT2D eigenvalue weighted by molar-refractivity contribution is -0.232. The fourth-order valence-corrected chi connectivity index (χ4v) is 7.91. The summed E-state index contributed by atoms with van der Waals surface area (Å²) in [5.41, 5.74) is -0.0628. The third-order valence-electron chi connectivity index (χ3n) is 8.79. The predicted molar refractivity (Wildman–Crippen MR) is 130 cm³/mol. The predicted octanol–water partition coefficient (Wildman–Crippen LogP) is 2.67. The maximum Gasteiger partial charge on any atom is 0.303 e. The molecule has 1 unspecified atom stereocenters. The van der Waals surface area contributed by atoms with E-state index in [1.165, 1.54) is 12.5 Å². The first kappa shape index (κ1) is 23.4. The van der Waals surface area contributed by atoms with E-state index in [9.17, 15) is 9.90 Å². The smallest absolute Gasteiger partial charge is 0.303 e. The Hall–Kier alpha value is -2.35. The fourth-order valence-electron chi connectivity index (χ4n) is 7.91. The van der Waals surface area contributed by atoms with Crippen LogP contribution in [0, 0.1) is 5.41 Å². The topological polar surface area (TPSA) is 71.5 Å². The van der Waals surface area contributed by atoms with Gasteiger partial charge in [0, 0.05) is 49.1 Å². The number of fused-ring (bicyclic) bond motifs is 1. The minimum absolute atomic E-state index is 0.0428. The standard InChI is InChI=1S/C27H36N2O5/c1-6-15-33-17-27(31)23-26(20-10-9-19(32-5)16-21(20)28(23)4)12-14-29-13-8-11-25(7-2,22(26)29)24(27)34-18(3)30/h6,8-11,16,22-24,31H,1,7,12-15,17H2,2-5H3/t22-,23+,24+,25+,26+,27?/m0/s1. The molecule has 1 aromatic rings. The first-order valence-electron chi connectivity index (χ1n) is 12.2. The van der Waals surface area contributed by atoms with Crippen LogP contribution < -0.4 is 9.64 Å². The van der Waals surface area contributed by atoms with E-state index in [2.05, 4.69) is 47.6 Å². The van der Waals surface area contributed by atoms with Crippen LogP contribution in [-0.2, 0) is 19.7 Å². The van der Waals surface area contributed by atoms with Crippen LogP contribution in [0.4, 0.5) is 5.69 Å². The first-order valence-corrected chi connectivity index (χ1v) is 12.2. The van der Waals surface area contributed by atoms with Crippen molar-refractivity contribution in [2.45, 2.75) is 55.9 Å². The number of esters is 1. The van der Waals surface area contributed by atoms with Gasteiger partial charge >= 0.3 is 5.97 Å². The summed E-state index contributed by atoms with van der Waals surface area (Å²) in [5.74, 6) is 0.389. The van der Waals surface area contributed by atoms with Crippen LogP contribution in [0.25, 0.3) is 0 Å². The number of benzene rings is 1. The second-order valence-electron chi connectivity index (χ2n) is 10.2. The van der Waals surface area contributed by atoms with Gasteiger partial charge in [-0.25, -0.2) is 0 Å². The summed E-state index contributed by atoms with van der Waals surface area (Å²) >= 11 is 0. The van der Waals surface area contributed by atoms with Gasteiger partial charge in [0.1, 0.15) is 17.5 Å². The van der Waals surface area contributed by atoms with Crippen molar-refractivity contribution in [1.29, 1.82) is 0 Å². The van der Waals surface area contributed by atoms with E-state index in [0.29, 0.717) is 6.61 Å². The first-order chi connectivity index (χ1) is 16.3. The lowest BCUT2D eigenvalue weighted by Crippen LogP contribution is -2.80. The summed E-state index contributed by atoms with van der Waals surface area (Å²) in [6.45, 7) is 9.45. The highest BCUT2D eigenvalue weighted by Gasteiger charge is 2.77. The van der Waals surface area contributed by atoms with Crippen molar-refractivity contribution in [1.82, 2.24) is 4.90 Å². The molecule has 34 heavy (non-hydrogen) atoms. The average molecular weight is 469 g/mol. The van der Waals surface area contributed by atoms with Crippen molar-refractivity contribution in [3.63, 3.8) is 0 Å². The molecule has 0 amide bonds. The second-order valence-corrected chi connectivity index (χ2v) is 10.2. The molecule has 1 aliphatic carbocycles. The van der Waals surface area contributed by atoms with Crippen molar-refractivity contribution in [2.24, 2.45) is 5.41 Å². The highest BCUT2D eigenvalue weighted by Crippen LogP contribution is 2.67. The Morgan fingerprint density at radius 2 is 2.15 bits per heavy atom. The molecule has 6 atom stereocenters. The van der Waals surface area contributed by atoms with Gasteiger partial charge in [0.05, 0.1) is 26.4 Å². The number of rotatable bonds is 7. The molecule has 3 aliphatic heterocycles. The largest absolute Gasteiger partial charge is 0.497 e. The molecule has 0 radical (unpaired) electrons. The van der Waals surface area contributed by atoms with Crippen molar-refractivity contribution < 1.29 is 24.1 Å². The van der Waals surface area contributed by atoms with Crippen LogP contribution in [0.15, 0.2) is 43.0 Å². The van der Waals surface area contributed by atoms with Gasteiger partial charge in [-0.2, -0.15) is 0 Å². The number of methoxy groups -OCH3 is 1. The SMILES string of the molecule is C=CCOCC1(O)[C@H](OC(C)=O)[C@]2(CC)C=CCN3CC[C@@]4(c5ccc(OC)cc5N(C)[C@@H]14)[C@@H]32. The molecule has 7 heteroatoms. The zero-order chi connectivity index (χ0) is 24.3. The van der Waals surface area contributed by atoms with Crippen LogP contribution in [0.1, 0.15) is 32.3 Å². The maximum atomic E-state index is 12.7. The van der Waals surface area contributed by atoms with Gasteiger partial charge in [0.25, 0.3) is 0 Å². The number of hydrogen-bond acceptors (Lipinski definition) is 7. The van der Waals surface area contributed by atoms with Crippen LogP contribution in [0.5, 0.6) is 5.75 Å². The molecule has 4 aliphatic rings. The van der Waals surface area contributed by atoms with Gasteiger partial charge < -0.3 is 24.2 Å². The maximum absolute atomic E-state index is 12.7. The average Bonchev–Trinajstić information content (AvgIpc) is 3.33. The van der Waals surface area contributed by atoms with Gasteiger partial charge in [-0.1, -0.05) is 31.2 Å². The minimum Gasteiger partial charge on any atom is -0.497 e. The zero-order valence-electron chi connectivity index (χ0n) is 20.6. The molecule has 1 N–H and O–H groups in total. The van der Waals surface area contributed by atoms with Crippen molar-refractivity contribution >= 4 is 11.7 Å². The van der Waals surface area contributed by atoms with Crippen molar-refractivity contribution in [2.75, 3.05) is 45.4 Å². The van der Waals surface area contributed by atoms with Crippen molar-refractivity contribution in [3.05, 3.63) is 48.6 Å². The molecule has 3 heterocycles. The van der Waals surface area contributed by atoms with E-state index in [1.807, 2.05) is 13.1 Å².